The standard InChI is InChI=1S/C17H10N2O4/c20-16-12(8-10-4-2-1-3-5-10)15(17(21)22-16)11-6-7-13-14(9-11)19-23-18-13/h1-7,9H,8H2. The molecule has 1 aliphatic heterocycles. The Morgan fingerprint density at radius 2 is 1.65 bits per heavy atom. The average Bonchev–Trinajstić information content (AvgIpc) is 3.12. The molecule has 0 radical (unpaired) electrons. The number of cyclic esters (lactones) is 2. The van der Waals surface area contributed by atoms with Crippen LogP contribution in [-0.4, -0.2) is 22.3 Å². The van der Waals surface area contributed by atoms with Gasteiger partial charge in [0.05, 0.1) is 11.1 Å². The van der Waals surface area contributed by atoms with E-state index in [0.29, 0.717) is 28.6 Å². The summed E-state index contributed by atoms with van der Waals surface area (Å²) in [5, 5.41) is 7.48. The summed E-state index contributed by atoms with van der Waals surface area (Å²) < 4.78 is 9.45. The minimum absolute atomic E-state index is 0.267. The molecule has 0 amide bonds. The molecule has 2 heterocycles. The molecule has 4 rings (SSSR count). The first-order chi connectivity index (χ1) is 11.2. The van der Waals surface area contributed by atoms with Crippen LogP contribution in [0.15, 0.2) is 58.7 Å². The minimum Gasteiger partial charge on any atom is -0.386 e. The van der Waals surface area contributed by atoms with Crippen LogP contribution < -0.4 is 0 Å². The molecule has 0 saturated carbocycles. The van der Waals surface area contributed by atoms with Gasteiger partial charge in [-0.25, -0.2) is 14.2 Å². The SMILES string of the molecule is O=C1OC(=O)C(c2ccc3nonc3c2)=C1Cc1ccccc1. The zero-order valence-electron chi connectivity index (χ0n) is 11.9. The summed E-state index contributed by atoms with van der Waals surface area (Å²) in [7, 11) is 0. The van der Waals surface area contributed by atoms with Crippen LogP contribution in [0.3, 0.4) is 0 Å². The van der Waals surface area contributed by atoms with Crippen LogP contribution in [0.1, 0.15) is 11.1 Å². The Kier molecular flexibility index (Phi) is 3.01. The number of carbonyl (C=O) groups is 2. The Labute approximate surface area is 130 Å². The van der Waals surface area contributed by atoms with Crippen LogP contribution >= 0.6 is 0 Å². The molecular weight excluding hydrogens is 296 g/mol. The molecule has 2 aromatic carbocycles. The molecule has 3 aromatic rings. The second kappa shape index (κ2) is 5.17. The van der Waals surface area contributed by atoms with E-state index in [1.54, 1.807) is 18.2 Å². The summed E-state index contributed by atoms with van der Waals surface area (Å²) in [5.74, 6) is -1.25. The highest BCUT2D eigenvalue weighted by atomic mass is 16.6. The van der Waals surface area contributed by atoms with Crippen LogP contribution in [-0.2, 0) is 20.7 Å². The highest BCUT2D eigenvalue weighted by molar-refractivity contribution is 6.31. The summed E-state index contributed by atoms with van der Waals surface area (Å²) in [6.45, 7) is 0. The molecule has 23 heavy (non-hydrogen) atoms. The molecule has 6 heteroatoms. The first-order valence-electron chi connectivity index (χ1n) is 6.98. The third-order valence-electron chi connectivity index (χ3n) is 3.70. The molecule has 0 bridgehead atoms. The van der Waals surface area contributed by atoms with Gasteiger partial charge in [-0.1, -0.05) is 36.4 Å². The van der Waals surface area contributed by atoms with Crippen molar-refractivity contribution in [3.8, 4) is 0 Å². The number of ether oxygens (including phenoxy) is 1. The third-order valence-corrected chi connectivity index (χ3v) is 3.70. The first-order valence-corrected chi connectivity index (χ1v) is 6.98. The Bertz CT molecular complexity index is 957. The monoisotopic (exact) mass is 306 g/mol. The quantitative estimate of drug-likeness (QED) is 0.545. The van der Waals surface area contributed by atoms with Gasteiger partial charge in [0, 0.05) is 6.42 Å². The van der Waals surface area contributed by atoms with Gasteiger partial charge in [0.25, 0.3) is 0 Å². The van der Waals surface area contributed by atoms with Gasteiger partial charge in [-0.3, -0.25) is 0 Å². The van der Waals surface area contributed by atoms with Crippen molar-refractivity contribution in [2.24, 2.45) is 0 Å². The van der Waals surface area contributed by atoms with E-state index in [1.807, 2.05) is 30.3 Å². The average molecular weight is 306 g/mol. The largest absolute Gasteiger partial charge is 0.386 e. The molecule has 112 valence electrons. The molecule has 0 fully saturated rings. The normalized spacial score (nSPS) is 14.6. The van der Waals surface area contributed by atoms with Crippen LogP contribution in [0.25, 0.3) is 16.6 Å². The topological polar surface area (TPSA) is 82.3 Å². The molecule has 0 spiro atoms. The lowest BCUT2D eigenvalue weighted by atomic mass is 9.96. The van der Waals surface area contributed by atoms with Crippen molar-refractivity contribution in [1.29, 1.82) is 0 Å². The lowest BCUT2D eigenvalue weighted by Crippen LogP contribution is -2.03. The molecule has 6 nitrogen and oxygen atoms in total. The van der Waals surface area contributed by atoms with Gasteiger partial charge in [0.2, 0.25) is 0 Å². The van der Waals surface area contributed by atoms with Crippen molar-refractivity contribution >= 4 is 28.5 Å². The van der Waals surface area contributed by atoms with E-state index in [0.717, 1.165) is 5.56 Å². The molecular formula is C17H10N2O4. The predicted molar refractivity (Wildman–Crippen MR) is 80.0 cm³/mol. The second-order valence-electron chi connectivity index (χ2n) is 5.16. The minimum atomic E-state index is -0.642. The number of esters is 2. The summed E-state index contributed by atoms with van der Waals surface area (Å²) >= 11 is 0. The Hall–Kier alpha value is -3.28. The number of aromatic nitrogens is 2. The van der Waals surface area contributed by atoms with Crippen molar-refractivity contribution in [3.05, 3.63) is 65.2 Å². The number of benzene rings is 2. The van der Waals surface area contributed by atoms with Crippen molar-refractivity contribution in [2.75, 3.05) is 0 Å². The fourth-order valence-corrected chi connectivity index (χ4v) is 2.61. The highest BCUT2D eigenvalue weighted by Crippen LogP contribution is 2.30. The van der Waals surface area contributed by atoms with E-state index in [9.17, 15) is 9.59 Å². The smallest absolute Gasteiger partial charge is 0.347 e. The van der Waals surface area contributed by atoms with E-state index >= 15 is 0 Å². The first kappa shape index (κ1) is 13.4. The number of hydrogen-bond acceptors (Lipinski definition) is 6. The number of fused-ring (bicyclic) bond motifs is 1. The lowest BCUT2D eigenvalue weighted by Gasteiger charge is -2.03. The number of nitrogens with zero attached hydrogens (tertiary/aromatic N) is 2. The van der Waals surface area contributed by atoms with Crippen LogP contribution in [0.2, 0.25) is 0 Å². The number of hydrogen-bond donors (Lipinski definition) is 0. The number of carbonyl (C=O) groups excluding carboxylic acids is 2. The van der Waals surface area contributed by atoms with E-state index in [1.165, 1.54) is 0 Å². The fraction of sp³-hybridized carbons (Fsp3) is 0.0588. The van der Waals surface area contributed by atoms with Gasteiger partial charge in [-0.2, -0.15) is 0 Å². The van der Waals surface area contributed by atoms with Gasteiger partial charge in [-0.05, 0) is 33.6 Å². The Morgan fingerprint density at radius 1 is 0.870 bits per heavy atom. The second-order valence-corrected chi connectivity index (χ2v) is 5.16. The maximum Gasteiger partial charge on any atom is 0.347 e. The van der Waals surface area contributed by atoms with Gasteiger partial charge < -0.3 is 4.74 Å². The van der Waals surface area contributed by atoms with Crippen molar-refractivity contribution < 1.29 is 19.0 Å². The van der Waals surface area contributed by atoms with E-state index in [-0.39, 0.29) is 5.57 Å². The van der Waals surface area contributed by atoms with Crippen LogP contribution in [0, 0.1) is 0 Å². The maximum atomic E-state index is 12.1. The summed E-state index contributed by atoms with van der Waals surface area (Å²) in [6, 6.07) is 14.5. The molecule has 0 saturated heterocycles. The van der Waals surface area contributed by atoms with Crippen molar-refractivity contribution in [1.82, 2.24) is 10.3 Å². The zero-order chi connectivity index (χ0) is 15.8. The molecule has 0 N–H and O–H groups in total. The van der Waals surface area contributed by atoms with Crippen molar-refractivity contribution in [3.63, 3.8) is 0 Å². The van der Waals surface area contributed by atoms with E-state index < -0.39 is 11.9 Å². The van der Waals surface area contributed by atoms with Gasteiger partial charge in [-0.15, -0.1) is 0 Å². The van der Waals surface area contributed by atoms with Crippen LogP contribution in [0.4, 0.5) is 0 Å². The van der Waals surface area contributed by atoms with Crippen molar-refractivity contribution in [2.45, 2.75) is 6.42 Å². The zero-order valence-corrected chi connectivity index (χ0v) is 11.9. The Morgan fingerprint density at radius 3 is 2.48 bits per heavy atom. The third kappa shape index (κ3) is 2.30. The van der Waals surface area contributed by atoms with Gasteiger partial charge in [0.1, 0.15) is 11.0 Å². The number of rotatable bonds is 3. The summed E-state index contributed by atoms with van der Waals surface area (Å²) in [6.07, 6.45) is 0.329. The van der Waals surface area contributed by atoms with E-state index in [2.05, 4.69) is 14.9 Å². The highest BCUT2D eigenvalue weighted by Gasteiger charge is 2.34. The predicted octanol–water partition coefficient (Wildman–Crippen LogP) is 2.30. The Balaban J connectivity index is 1.83. The summed E-state index contributed by atoms with van der Waals surface area (Å²) in [5.41, 5.74) is 3.20. The molecule has 1 aromatic heterocycles. The van der Waals surface area contributed by atoms with E-state index in [4.69, 9.17) is 4.74 Å². The molecule has 0 aliphatic carbocycles. The van der Waals surface area contributed by atoms with Gasteiger partial charge >= 0.3 is 11.9 Å². The summed E-state index contributed by atoms with van der Waals surface area (Å²) in [4.78, 5) is 24.1. The lowest BCUT2D eigenvalue weighted by molar-refractivity contribution is -0.150. The maximum absolute atomic E-state index is 12.1. The fourth-order valence-electron chi connectivity index (χ4n) is 2.61. The van der Waals surface area contributed by atoms with Gasteiger partial charge in [0.15, 0.2) is 0 Å². The molecule has 1 aliphatic rings. The van der Waals surface area contributed by atoms with Crippen LogP contribution in [0.5, 0.6) is 0 Å². The molecule has 0 atom stereocenters. The molecule has 0 unspecified atom stereocenters.